The van der Waals surface area contributed by atoms with Crippen molar-refractivity contribution in [3.05, 3.63) is 66.2 Å². The predicted molar refractivity (Wildman–Crippen MR) is 110 cm³/mol. The summed E-state index contributed by atoms with van der Waals surface area (Å²) in [5.41, 5.74) is 1.12. The molecule has 0 spiro atoms. The highest BCUT2D eigenvalue weighted by Gasteiger charge is 2.26. The fourth-order valence-electron chi connectivity index (χ4n) is 2.56. The van der Waals surface area contributed by atoms with E-state index in [-0.39, 0.29) is 18.2 Å². The van der Waals surface area contributed by atoms with Crippen molar-refractivity contribution in [2.75, 3.05) is 23.5 Å². The van der Waals surface area contributed by atoms with E-state index in [1.807, 2.05) is 12.1 Å². The van der Waals surface area contributed by atoms with Gasteiger partial charge in [-0.1, -0.05) is 36.4 Å². The zero-order valence-electron chi connectivity index (χ0n) is 16.0. The molecule has 0 saturated carbocycles. The van der Waals surface area contributed by atoms with Crippen molar-refractivity contribution in [3.63, 3.8) is 0 Å². The number of aromatic amines is 1. The number of aromatic nitrogens is 2. The van der Waals surface area contributed by atoms with Crippen LogP contribution in [0.1, 0.15) is 5.56 Å². The summed E-state index contributed by atoms with van der Waals surface area (Å²) in [6, 6.07) is 17.7. The van der Waals surface area contributed by atoms with E-state index in [0.29, 0.717) is 22.8 Å². The molecule has 0 bridgehead atoms. The van der Waals surface area contributed by atoms with Crippen LogP contribution in [-0.4, -0.2) is 43.3 Å². The van der Waals surface area contributed by atoms with Gasteiger partial charge < -0.3 is 9.47 Å². The molecule has 1 amide bonds. The number of benzene rings is 2. The van der Waals surface area contributed by atoms with Crippen LogP contribution < -0.4 is 14.4 Å². The molecule has 9 heteroatoms. The van der Waals surface area contributed by atoms with E-state index >= 15 is 0 Å². The quantitative estimate of drug-likeness (QED) is 0.634. The number of nitrogens with zero attached hydrogens (tertiary/aromatic N) is 2. The van der Waals surface area contributed by atoms with Crippen molar-refractivity contribution in [2.45, 2.75) is 6.92 Å². The smallest absolute Gasteiger partial charge is 0.425 e. The third kappa shape index (κ3) is 5.35. The van der Waals surface area contributed by atoms with E-state index in [1.165, 1.54) is 4.90 Å². The Labute approximate surface area is 169 Å². The van der Waals surface area contributed by atoms with Crippen LogP contribution in [0.2, 0.25) is 0 Å². The first kappa shape index (κ1) is 20.4. The van der Waals surface area contributed by atoms with Gasteiger partial charge in [-0.3, -0.25) is 5.10 Å². The van der Waals surface area contributed by atoms with Gasteiger partial charge in [0.15, 0.2) is 9.84 Å². The van der Waals surface area contributed by atoms with Crippen LogP contribution in [0.3, 0.4) is 0 Å². The van der Waals surface area contributed by atoms with E-state index in [4.69, 9.17) is 9.47 Å². The summed E-state index contributed by atoms with van der Waals surface area (Å²) >= 11 is 0. The van der Waals surface area contributed by atoms with Crippen molar-refractivity contribution in [2.24, 2.45) is 0 Å². The highest BCUT2D eigenvalue weighted by atomic mass is 32.2. The number of rotatable bonds is 7. The zero-order valence-corrected chi connectivity index (χ0v) is 16.8. The second-order valence-electron chi connectivity index (χ2n) is 6.33. The second-order valence-corrected chi connectivity index (χ2v) is 8.59. The Hall–Kier alpha value is -3.33. The maximum absolute atomic E-state index is 13.0. The van der Waals surface area contributed by atoms with E-state index in [9.17, 15) is 13.2 Å². The van der Waals surface area contributed by atoms with Crippen LogP contribution in [0.4, 0.5) is 16.3 Å². The van der Waals surface area contributed by atoms with Gasteiger partial charge in [-0.15, -0.1) is 5.10 Å². The van der Waals surface area contributed by atoms with E-state index in [0.717, 1.165) is 6.26 Å². The van der Waals surface area contributed by atoms with Gasteiger partial charge in [0.2, 0.25) is 5.88 Å². The average Bonchev–Trinajstić information content (AvgIpc) is 3.03. The van der Waals surface area contributed by atoms with Gasteiger partial charge in [0.25, 0.3) is 0 Å². The Morgan fingerprint density at radius 2 is 1.69 bits per heavy atom. The van der Waals surface area contributed by atoms with Crippen LogP contribution in [0.15, 0.2) is 60.7 Å². The molecule has 3 rings (SSSR count). The second kappa shape index (κ2) is 8.78. The lowest BCUT2D eigenvalue weighted by atomic mass is 10.2. The Morgan fingerprint density at radius 3 is 2.31 bits per heavy atom. The maximum Gasteiger partial charge on any atom is 0.425 e. The molecule has 2 aromatic carbocycles. The lowest BCUT2D eigenvalue weighted by molar-refractivity contribution is 0.210. The molecule has 0 radical (unpaired) electrons. The van der Waals surface area contributed by atoms with Crippen molar-refractivity contribution < 1.29 is 22.7 Å². The molecule has 0 atom stereocenters. The number of nitrogens with one attached hydrogen (secondary N) is 1. The summed E-state index contributed by atoms with van der Waals surface area (Å²) in [5.74, 6) is 0.858. The van der Waals surface area contributed by atoms with Crippen LogP contribution in [0.25, 0.3) is 0 Å². The molecule has 152 valence electrons. The Bertz CT molecular complexity index is 1070. The molecule has 0 aliphatic rings. The van der Waals surface area contributed by atoms with E-state index in [1.54, 1.807) is 55.5 Å². The number of H-pyrrole nitrogens is 1. The standard InChI is InChI=1S/C20H21N3O5S/c1-15-18(21-22-19(15)27-13-14-29(2,25)26)23(16-9-5-3-6-10-16)20(24)28-17-11-7-4-8-12-17/h3-12H,13-14H2,1-2H3,(H,21,22). The molecule has 0 aliphatic heterocycles. The maximum atomic E-state index is 13.0. The fraction of sp³-hybridized carbons (Fsp3) is 0.200. The largest absolute Gasteiger partial charge is 0.475 e. The molecule has 1 heterocycles. The van der Waals surface area contributed by atoms with Crippen LogP contribution >= 0.6 is 0 Å². The van der Waals surface area contributed by atoms with Crippen LogP contribution in [0, 0.1) is 6.92 Å². The average molecular weight is 415 g/mol. The van der Waals surface area contributed by atoms with Crippen LogP contribution in [-0.2, 0) is 9.84 Å². The molecule has 0 saturated heterocycles. The van der Waals surface area contributed by atoms with Gasteiger partial charge in [0.05, 0.1) is 17.0 Å². The summed E-state index contributed by atoms with van der Waals surface area (Å²) in [5, 5.41) is 6.87. The van der Waals surface area contributed by atoms with Gasteiger partial charge in [-0.05, 0) is 31.2 Å². The summed E-state index contributed by atoms with van der Waals surface area (Å²) in [4.78, 5) is 14.3. The van der Waals surface area contributed by atoms with Crippen LogP contribution in [0.5, 0.6) is 11.6 Å². The first-order chi connectivity index (χ1) is 13.8. The summed E-state index contributed by atoms with van der Waals surface area (Å²) in [6.07, 6.45) is 0.507. The number of para-hydroxylation sites is 2. The molecule has 0 fully saturated rings. The number of amides is 1. The van der Waals surface area contributed by atoms with Gasteiger partial charge in [0.1, 0.15) is 18.2 Å². The highest BCUT2D eigenvalue weighted by molar-refractivity contribution is 7.90. The molecular weight excluding hydrogens is 394 g/mol. The van der Waals surface area contributed by atoms with Gasteiger partial charge in [-0.2, -0.15) is 0 Å². The van der Waals surface area contributed by atoms with Gasteiger partial charge >= 0.3 is 6.09 Å². The normalized spacial score (nSPS) is 11.1. The molecule has 29 heavy (non-hydrogen) atoms. The zero-order chi connectivity index (χ0) is 20.9. The minimum Gasteiger partial charge on any atom is -0.475 e. The SMILES string of the molecule is Cc1c(OCCS(C)(=O)=O)n[nH]c1N(C(=O)Oc1ccccc1)c1ccccc1. The minimum absolute atomic E-state index is 0.0379. The Morgan fingerprint density at radius 1 is 1.07 bits per heavy atom. The lowest BCUT2D eigenvalue weighted by Crippen LogP contribution is -2.30. The molecule has 3 aromatic rings. The van der Waals surface area contributed by atoms with Crippen molar-refractivity contribution in [1.29, 1.82) is 0 Å². The number of carbonyl (C=O) groups excluding carboxylic acids is 1. The molecule has 0 aliphatic carbocycles. The summed E-state index contributed by atoms with van der Waals surface area (Å²) < 4.78 is 33.6. The third-order valence-corrected chi connectivity index (χ3v) is 4.91. The molecule has 1 N–H and O–H groups in total. The number of ether oxygens (including phenoxy) is 2. The van der Waals surface area contributed by atoms with E-state index < -0.39 is 15.9 Å². The number of carbonyl (C=O) groups is 1. The third-order valence-electron chi connectivity index (χ3n) is 4.00. The summed E-state index contributed by atoms with van der Waals surface area (Å²) in [6.45, 7) is 1.68. The lowest BCUT2D eigenvalue weighted by Gasteiger charge is -2.21. The number of hydrogen-bond acceptors (Lipinski definition) is 6. The minimum atomic E-state index is -3.16. The molecule has 0 unspecified atom stereocenters. The first-order valence-corrected chi connectivity index (χ1v) is 10.9. The van der Waals surface area contributed by atoms with Crippen molar-refractivity contribution >= 4 is 27.4 Å². The molecule has 8 nitrogen and oxygen atoms in total. The highest BCUT2D eigenvalue weighted by Crippen LogP contribution is 2.32. The Balaban J connectivity index is 1.88. The van der Waals surface area contributed by atoms with E-state index in [2.05, 4.69) is 10.2 Å². The monoisotopic (exact) mass is 415 g/mol. The number of anilines is 2. The van der Waals surface area contributed by atoms with Crippen molar-refractivity contribution in [3.8, 4) is 11.6 Å². The fourth-order valence-corrected chi connectivity index (χ4v) is 2.94. The van der Waals surface area contributed by atoms with Gasteiger partial charge in [0, 0.05) is 6.26 Å². The topological polar surface area (TPSA) is 102 Å². The number of sulfone groups is 1. The molecular formula is C20H21N3O5S. The molecule has 1 aromatic heterocycles. The first-order valence-electron chi connectivity index (χ1n) is 8.82. The van der Waals surface area contributed by atoms with Gasteiger partial charge in [-0.25, -0.2) is 18.1 Å². The Kier molecular flexibility index (Phi) is 6.18. The summed E-state index contributed by atoms with van der Waals surface area (Å²) in [7, 11) is -3.16. The number of hydrogen-bond donors (Lipinski definition) is 1. The van der Waals surface area contributed by atoms with Crippen molar-refractivity contribution in [1.82, 2.24) is 10.2 Å². The predicted octanol–water partition coefficient (Wildman–Crippen LogP) is 3.48.